The molecular formula is C12H12N2O4S. The third kappa shape index (κ3) is 1.99. The molecule has 1 aliphatic heterocycles. The molecular weight excluding hydrogens is 268 g/mol. The van der Waals surface area contributed by atoms with E-state index in [4.69, 9.17) is 5.11 Å². The monoisotopic (exact) mass is 280 g/mol. The number of pyridine rings is 1. The minimum Gasteiger partial charge on any atom is -0.478 e. The molecule has 0 radical (unpaired) electrons. The maximum absolute atomic E-state index is 11.9. The van der Waals surface area contributed by atoms with Gasteiger partial charge >= 0.3 is 5.97 Å². The molecule has 3 heterocycles. The van der Waals surface area contributed by atoms with Gasteiger partial charge in [0.15, 0.2) is 9.84 Å². The number of nitrogens with zero attached hydrogens (tertiary/aromatic N) is 2. The van der Waals surface area contributed by atoms with E-state index in [-0.39, 0.29) is 11.3 Å². The van der Waals surface area contributed by atoms with Gasteiger partial charge in [0.1, 0.15) is 10.9 Å². The second kappa shape index (κ2) is 4.06. The lowest BCUT2D eigenvalue weighted by Crippen LogP contribution is -2.08. The highest BCUT2D eigenvalue weighted by molar-refractivity contribution is 7.91. The van der Waals surface area contributed by atoms with Gasteiger partial charge in [0.25, 0.3) is 0 Å². The number of rotatable bonds is 2. The minimum absolute atomic E-state index is 0.144. The van der Waals surface area contributed by atoms with Gasteiger partial charge < -0.3 is 9.51 Å². The highest BCUT2D eigenvalue weighted by atomic mass is 32.2. The Morgan fingerprint density at radius 2 is 2.16 bits per heavy atom. The zero-order valence-corrected chi connectivity index (χ0v) is 10.8. The highest BCUT2D eigenvalue weighted by Crippen LogP contribution is 2.33. The third-order valence-corrected chi connectivity index (χ3v) is 5.58. The van der Waals surface area contributed by atoms with Crippen molar-refractivity contribution in [1.82, 2.24) is 9.38 Å². The van der Waals surface area contributed by atoms with Gasteiger partial charge in [-0.15, -0.1) is 0 Å². The second-order valence-corrected chi connectivity index (χ2v) is 6.96. The summed E-state index contributed by atoms with van der Waals surface area (Å²) >= 11 is 0. The lowest BCUT2D eigenvalue weighted by molar-refractivity contribution is 0.0696. The van der Waals surface area contributed by atoms with Crippen LogP contribution < -0.4 is 0 Å². The molecule has 1 unspecified atom stereocenters. The van der Waals surface area contributed by atoms with Gasteiger partial charge in [-0.2, -0.15) is 0 Å². The highest BCUT2D eigenvalue weighted by Gasteiger charge is 2.34. The number of fused-ring (bicyclic) bond motifs is 1. The Balaban J connectivity index is 2.09. The van der Waals surface area contributed by atoms with Crippen LogP contribution in [-0.4, -0.2) is 34.6 Å². The fourth-order valence-corrected chi connectivity index (χ4v) is 4.28. The SMILES string of the molecule is O=C(O)c1ccc2nc(C3CCCS3(=O)=O)cn2c1. The summed E-state index contributed by atoms with van der Waals surface area (Å²) in [5.74, 6) is -0.822. The molecule has 3 rings (SSSR count). The van der Waals surface area contributed by atoms with Crippen molar-refractivity contribution in [2.75, 3.05) is 5.75 Å². The average molecular weight is 280 g/mol. The fourth-order valence-electron chi connectivity index (χ4n) is 2.42. The number of aromatic nitrogens is 2. The average Bonchev–Trinajstić information content (AvgIpc) is 2.89. The molecule has 7 heteroatoms. The van der Waals surface area contributed by atoms with Crippen molar-refractivity contribution in [2.45, 2.75) is 18.1 Å². The maximum atomic E-state index is 11.9. The van der Waals surface area contributed by atoms with E-state index in [1.165, 1.54) is 12.3 Å². The van der Waals surface area contributed by atoms with Crippen LogP contribution in [0.1, 0.15) is 34.1 Å². The Kier molecular flexibility index (Phi) is 2.60. The summed E-state index contributed by atoms with van der Waals surface area (Å²) in [5, 5.41) is 8.36. The number of carbonyl (C=O) groups is 1. The molecule has 0 aromatic carbocycles. The molecule has 19 heavy (non-hydrogen) atoms. The first-order chi connectivity index (χ1) is 8.97. The van der Waals surface area contributed by atoms with Crippen molar-refractivity contribution in [3.63, 3.8) is 0 Å². The van der Waals surface area contributed by atoms with Crippen molar-refractivity contribution < 1.29 is 18.3 Å². The number of imidazole rings is 1. The number of carboxylic acid groups (broad SMARTS) is 1. The van der Waals surface area contributed by atoms with E-state index in [9.17, 15) is 13.2 Å². The molecule has 1 aliphatic rings. The van der Waals surface area contributed by atoms with E-state index in [1.807, 2.05) is 0 Å². The molecule has 2 aromatic rings. The normalized spacial score (nSPS) is 21.8. The number of sulfone groups is 1. The van der Waals surface area contributed by atoms with Crippen molar-refractivity contribution in [1.29, 1.82) is 0 Å². The van der Waals surface area contributed by atoms with Gasteiger partial charge in [0.2, 0.25) is 0 Å². The molecule has 0 saturated carbocycles. The Hall–Kier alpha value is -1.89. The predicted molar refractivity (Wildman–Crippen MR) is 67.9 cm³/mol. The minimum atomic E-state index is -3.11. The molecule has 1 fully saturated rings. The predicted octanol–water partition coefficient (Wildman–Crippen LogP) is 1.28. The van der Waals surface area contributed by atoms with E-state index in [0.717, 1.165) is 0 Å². The van der Waals surface area contributed by atoms with E-state index in [2.05, 4.69) is 4.98 Å². The Labute approximate surface area is 109 Å². The lowest BCUT2D eigenvalue weighted by Gasteiger charge is -2.03. The summed E-state index contributed by atoms with van der Waals surface area (Å²) in [6.45, 7) is 0. The summed E-state index contributed by atoms with van der Waals surface area (Å²) in [7, 11) is -3.11. The number of hydrogen-bond acceptors (Lipinski definition) is 4. The summed E-state index contributed by atoms with van der Waals surface area (Å²) in [4.78, 5) is 15.2. The quantitative estimate of drug-likeness (QED) is 0.895. The summed E-state index contributed by atoms with van der Waals surface area (Å²) in [5.41, 5.74) is 1.20. The Morgan fingerprint density at radius 3 is 2.79 bits per heavy atom. The molecule has 1 saturated heterocycles. The van der Waals surface area contributed by atoms with E-state index < -0.39 is 21.1 Å². The van der Waals surface area contributed by atoms with E-state index >= 15 is 0 Å². The standard InChI is InChI=1S/C12H12N2O4S/c15-12(16)8-3-4-11-13-9(7-14(11)6-8)10-2-1-5-19(10,17)18/h3-4,6-7,10H,1-2,5H2,(H,15,16). The summed E-state index contributed by atoms with van der Waals surface area (Å²) in [6, 6.07) is 3.03. The van der Waals surface area contributed by atoms with Crippen LogP contribution in [0.3, 0.4) is 0 Å². The summed E-state index contributed by atoms with van der Waals surface area (Å²) in [6.07, 6.45) is 4.28. The molecule has 2 aromatic heterocycles. The zero-order valence-electron chi connectivity index (χ0n) is 9.98. The molecule has 0 aliphatic carbocycles. The van der Waals surface area contributed by atoms with Crippen molar-refractivity contribution >= 4 is 21.5 Å². The first-order valence-corrected chi connectivity index (χ1v) is 7.62. The molecule has 0 bridgehead atoms. The number of aromatic carboxylic acids is 1. The van der Waals surface area contributed by atoms with Crippen molar-refractivity contribution in [3.05, 3.63) is 35.8 Å². The molecule has 0 spiro atoms. The summed E-state index contributed by atoms with van der Waals surface area (Å²) < 4.78 is 25.3. The largest absolute Gasteiger partial charge is 0.478 e. The van der Waals surface area contributed by atoms with Gasteiger partial charge in [0.05, 0.1) is 17.0 Å². The van der Waals surface area contributed by atoms with Crippen LogP contribution in [0.25, 0.3) is 5.65 Å². The van der Waals surface area contributed by atoms with Crippen LogP contribution >= 0.6 is 0 Å². The Morgan fingerprint density at radius 1 is 1.37 bits per heavy atom. The Bertz CT molecular complexity index is 763. The smallest absolute Gasteiger partial charge is 0.337 e. The van der Waals surface area contributed by atoms with Crippen LogP contribution in [0.2, 0.25) is 0 Å². The molecule has 0 amide bonds. The topological polar surface area (TPSA) is 88.7 Å². The van der Waals surface area contributed by atoms with Crippen LogP contribution in [0, 0.1) is 0 Å². The van der Waals surface area contributed by atoms with Gasteiger partial charge in [0, 0.05) is 12.4 Å². The zero-order chi connectivity index (χ0) is 13.6. The third-order valence-electron chi connectivity index (χ3n) is 3.38. The first kappa shape index (κ1) is 12.2. The second-order valence-electron chi connectivity index (χ2n) is 4.65. The molecule has 100 valence electrons. The van der Waals surface area contributed by atoms with Crippen LogP contribution in [0.5, 0.6) is 0 Å². The lowest BCUT2D eigenvalue weighted by atomic mass is 10.2. The van der Waals surface area contributed by atoms with Gasteiger partial charge in [-0.05, 0) is 25.0 Å². The van der Waals surface area contributed by atoms with Crippen molar-refractivity contribution in [3.8, 4) is 0 Å². The first-order valence-electron chi connectivity index (χ1n) is 5.91. The number of carboxylic acids is 1. The van der Waals surface area contributed by atoms with Gasteiger partial charge in [-0.3, -0.25) is 0 Å². The van der Waals surface area contributed by atoms with Gasteiger partial charge in [-0.25, -0.2) is 18.2 Å². The van der Waals surface area contributed by atoms with Crippen LogP contribution in [-0.2, 0) is 9.84 Å². The molecule has 1 atom stereocenters. The fraction of sp³-hybridized carbons (Fsp3) is 0.333. The van der Waals surface area contributed by atoms with Gasteiger partial charge in [-0.1, -0.05) is 0 Å². The molecule has 1 N–H and O–H groups in total. The number of hydrogen-bond donors (Lipinski definition) is 1. The van der Waals surface area contributed by atoms with Crippen LogP contribution in [0.15, 0.2) is 24.5 Å². The molecule has 6 nitrogen and oxygen atoms in total. The van der Waals surface area contributed by atoms with Crippen LogP contribution in [0.4, 0.5) is 0 Å². The van der Waals surface area contributed by atoms with Crippen molar-refractivity contribution in [2.24, 2.45) is 0 Å². The van der Waals surface area contributed by atoms with E-state index in [0.29, 0.717) is 24.2 Å². The van der Waals surface area contributed by atoms with E-state index in [1.54, 1.807) is 16.7 Å². The maximum Gasteiger partial charge on any atom is 0.337 e.